The van der Waals surface area contributed by atoms with Crippen LogP contribution in [0.2, 0.25) is 5.02 Å². The number of hydrogen-bond donors (Lipinski definition) is 3. The van der Waals surface area contributed by atoms with Gasteiger partial charge in [0.25, 0.3) is 0 Å². The first kappa shape index (κ1) is 16.5. The molecule has 118 valence electrons. The van der Waals surface area contributed by atoms with Crippen LogP contribution in [0.1, 0.15) is 37.7 Å². The number of nitrogen functional groups attached to an aromatic ring is 1. The Kier molecular flexibility index (Phi) is 5.14. The van der Waals surface area contributed by atoms with Crippen LogP contribution in [0.15, 0.2) is 17.0 Å². The predicted octanol–water partition coefficient (Wildman–Crippen LogP) is 2.20. The largest absolute Gasteiger partial charge is 0.398 e. The second kappa shape index (κ2) is 6.52. The number of halogens is 1. The number of aliphatic hydroxyl groups is 1. The standard InChI is InChI=1S/C14H21ClN2O3S/c1-9-11(15)7-10(8-12(9)16)21(19,20)17-13-5-3-2-4-6-14(13)18/h7-8,13-14,17-18H,2-6,16H2,1H3. The predicted molar refractivity (Wildman–Crippen MR) is 83.8 cm³/mol. The molecule has 1 aromatic rings. The van der Waals surface area contributed by atoms with Crippen molar-refractivity contribution in [2.45, 2.75) is 56.1 Å². The van der Waals surface area contributed by atoms with Crippen molar-refractivity contribution in [3.8, 4) is 0 Å². The first-order valence-electron chi connectivity index (χ1n) is 7.07. The first-order chi connectivity index (χ1) is 9.81. The molecule has 0 bridgehead atoms. The summed E-state index contributed by atoms with van der Waals surface area (Å²) in [6.45, 7) is 1.73. The Hall–Kier alpha value is -0.820. The van der Waals surface area contributed by atoms with Crippen molar-refractivity contribution in [3.63, 3.8) is 0 Å². The minimum absolute atomic E-state index is 0.0343. The number of rotatable bonds is 3. The fourth-order valence-electron chi connectivity index (χ4n) is 2.52. The van der Waals surface area contributed by atoms with Crippen molar-refractivity contribution >= 4 is 27.3 Å². The molecule has 0 aromatic heterocycles. The van der Waals surface area contributed by atoms with Crippen LogP contribution in [0.25, 0.3) is 0 Å². The normalized spacial score (nSPS) is 23.8. The fraction of sp³-hybridized carbons (Fsp3) is 0.571. The van der Waals surface area contributed by atoms with Crippen molar-refractivity contribution in [2.75, 3.05) is 5.73 Å². The number of sulfonamides is 1. The minimum Gasteiger partial charge on any atom is -0.398 e. The number of hydrogen-bond acceptors (Lipinski definition) is 4. The lowest BCUT2D eigenvalue weighted by Crippen LogP contribution is -2.42. The summed E-state index contributed by atoms with van der Waals surface area (Å²) in [5.74, 6) is 0. The molecule has 4 N–H and O–H groups in total. The molecular weight excluding hydrogens is 312 g/mol. The molecule has 7 heteroatoms. The van der Waals surface area contributed by atoms with Crippen molar-refractivity contribution in [2.24, 2.45) is 0 Å². The molecule has 2 unspecified atom stereocenters. The Bertz CT molecular complexity index is 596. The lowest BCUT2D eigenvalue weighted by molar-refractivity contribution is 0.130. The molecule has 1 saturated carbocycles. The summed E-state index contributed by atoms with van der Waals surface area (Å²) in [5, 5.41) is 10.4. The van der Waals surface area contributed by atoms with Gasteiger partial charge in [0.05, 0.1) is 11.0 Å². The van der Waals surface area contributed by atoms with Gasteiger partial charge in [-0.1, -0.05) is 30.9 Å². The Morgan fingerprint density at radius 1 is 1.29 bits per heavy atom. The maximum absolute atomic E-state index is 12.4. The van der Waals surface area contributed by atoms with Crippen molar-refractivity contribution in [3.05, 3.63) is 22.7 Å². The summed E-state index contributed by atoms with van der Waals surface area (Å²) in [6.07, 6.45) is 3.43. The number of benzene rings is 1. The van der Waals surface area contributed by atoms with E-state index in [2.05, 4.69) is 4.72 Å². The van der Waals surface area contributed by atoms with E-state index >= 15 is 0 Å². The highest BCUT2D eigenvalue weighted by Crippen LogP contribution is 2.27. The van der Waals surface area contributed by atoms with Gasteiger partial charge in [-0.3, -0.25) is 0 Å². The zero-order chi connectivity index (χ0) is 15.6. The summed E-state index contributed by atoms with van der Waals surface area (Å²) in [6, 6.07) is 2.32. The van der Waals surface area contributed by atoms with Gasteiger partial charge < -0.3 is 10.8 Å². The van der Waals surface area contributed by atoms with Crippen LogP contribution in [0, 0.1) is 6.92 Å². The van der Waals surface area contributed by atoms with E-state index in [4.69, 9.17) is 17.3 Å². The Morgan fingerprint density at radius 3 is 2.62 bits per heavy atom. The van der Waals surface area contributed by atoms with E-state index in [9.17, 15) is 13.5 Å². The maximum atomic E-state index is 12.4. The molecule has 2 atom stereocenters. The van der Waals surface area contributed by atoms with E-state index in [1.165, 1.54) is 12.1 Å². The van der Waals surface area contributed by atoms with Crippen molar-refractivity contribution in [1.29, 1.82) is 0 Å². The Labute approximate surface area is 130 Å². The highest BCUT2D eigenvalue weighted by molar-refractivity contribution is 7.89. The summed E-state index contributed by atoms with van der Waals surface area (Å²) < 4.78 is 27.5. The lowest BCUT2D eigenvalue weighted by Gasteiger charge is -2.22. The van der Waals surface area contributed by atoms with Crippen LogP contribution < -0.4 is 10.5 Å². The van der Waals surface area contributed by atoms with Gasteiger partial charge in [0.1, 0.15) is 0 Å². The first-order valence-corrected chi connectivity index (χ1v) is 8.93. The molecular formula is C14H21ClN2O3S. The molecule has 1 aromatic carbocycles. The van der Waals surface area contributed by atoms with Crippen LogP contribution in [-0.2, 0) is 10.0 Å². The number of anilines is 1. The number of nitrogens with two attached hydrogens (primary N) is 1. The monoisotopic (exact) mass is 332 g/mol. The highest BCUT2D eigenvalue weighted by Gasteiger charge is 2.27. The van der Waals surface area contributed by atoms with Gasteiger partial charge >= 0.3 is 0 Å². The molecule has 0 saturated heterocycles. The van der Waals surface area contributed by atoms with E-state index in [1.54, 1.807) is 6.92 Å². The maximum Gasteiger partial charge on any atom is 0.241 e. The molecule has 5 nitrogen and oxygen atoms in total. The van der Waals surface area contributed by atoms with Gasteiger partial charge in [0, 0.05) is 16.8 Å². The highest BCUT2D eigenvalue weighted by atomic mass is 35.5. The van der Waals surface area contributed by atoms with Crippen molar-refractivity contribution < 1.29 is 13.5 Å². The number of nitrogens with one attached hydrogen (secondary N) is 1. The van der Waals surface area contributed by atoms with Gasteiger partial charge in [-0.15, -0.1) is 0 Å². The van der Waals surface area contributed by atoms with Gasteiger partial charge in [-0.05, 0) is 37.5 Å². The molecule has 1 aliphatic carbocycles. The molecule has 2 rings (SSSR count). The van der Waals surface area contributed by atoms with Crippen LogP contribution >= 0.6 is 11.6 Å². The van der Waals surface area contributed by atoms with Gasteiger partial charge in [0.15, 0.2) is 0 Å². The van der Waals surface area contributed by atoms with Crippen LogP contribution in [0.5, 0.6) is 0 Å². The fourth-order valence-corrected chi connectivity index (χ4v) is 4.18. The zero-order valence-corrected chi connectivity index (χ0v) is 13.5. The average Bonchev–Trinajstić information content (AvgIpc) is 2.60. The van der Waals surface area contributed by atoms with E-state index < -0.39 is 22.2 Å². The van der Waals surface area contributed by atoms with Crippen LogP contribution in [0.3, 0.4) is 0 Å². The topological polar surface area (TPSA) is 92.4 Å². The molecule has 1 fully saturated rings. The molecule has 0 heterocycles. The summed E-state index contributed by atoms with van der Waals surface area (Å²) in [7, 11) is -3.75. The third-order valence-corrected chi connectivity index (χ3v) is 5.82. The Morgan fingerprint density at radius 2 is 1.95 bits per heavy atom. The molecule has 21 heavy (non-hydrogen) atoms. The van der Waals surface area contributed by atoms with E-state index in [1.807, 2.05) is 0 Å². The van der Waals surface area contributed by atoms with Crippen LogP contribution in [-0.4, -0.2) is 25.7 Å². The molecule has 0 amide bonds. The van der Waals surface area contributed by atoms with Crippen LogP contribution in [0.4, 0.5) is 5.69 Å². The number of aliphatic hydroxyl groups excluding tert-OH is 1. The third kappa shape index (κ3) is 3.88. The average molecular weight is 333 g/mol. The molecule has 0 radical (unpaired) electrons. The zero-order valence-electron chi connectivity index (χ0n) is 12.0. The Balaban J connectivity index is 2.25. The summed E-state index contributed by atoms with van der Waals surface area (Å²) >= 11 is 6.00. The second-order valence-corrected chi connectivity index (χ2v) is 7.67. The minimum atomic E-state index is -3.75. The molecule has 0 aliphatic heterocycles. The van der Waals surface area contributed by atoms with Gasteiger partial charge in [0.2, 0.25) is 10.0 Å². The summed E-state index contributed by atoms with van der Waals surface area (Å²) in [5.41, 5.74) is 6.77. The van der Waals surface area contributed by atoms with E-state index in [0.717, 1.165) is 19.3 Å². The SMILES string of the molecule is Cc1c(N)cc(S(=O)(=O)NC2CCCCCC2O)cc1Cl. The van der Waals surface area contributed by atoms with E-state index in [0.29, 0.717) is 29.1 Å². The smallest absolute Gasteiger partial charge is 0.241 e. The van der Waals surface area contributed by atoms with Crippen molar-refractivity contribution in [1.82, 2.24) is 4.72 Å². The summed E-state index contributed by atoms with van der Waals surface area (Å²) in [4.78, 5) is 0.0343. The molecule has 1 aliphatic rings. The molecule has 0 spiro atoms. The van der Waals surface area contributed by atoms with Gasteiger partial charge in [-0.2, -0.15) is 0 Å². The quantitative estimate of drug-likeness (QED) is 0.584. The van der Waals surface area contributed by atoms with Gasteiger partial charge in [-0.25, -0.2) is 13.1 Å². The van der Waals surface area contributed by atoms with E-state index in [-0.39, 0.29) is 4.90 Å². The third-order valence-electron chi connectivity index (χ3n) is 3.95. The lowest BCUT2D eigenvalue weighted by atomic mass is 10.1. The second-order valence-electron chi connectivity index (χ2n) is 5.55.